The van der Waals surface area contributed by atoms with Gasteiger partial charge < -0.3 is 15.4 Å². The van der Waals surface area contributed by atoms with Crippen LogP contribution < -0.4 is 15.4 Å². The molecule has 0 radical (unpaired) electrons. The largest absolute Gasteiger partial charge is 0.496 e. The zero-order valence-corrected chi connectivity index (χ0v) is 13.8. The van der Waals surface area contributed by atoms with Crippen molar-refractivity contribution < 1.29 is 17.9 Å². The minimum atomic E-state index is -2.92. The van der Waals surface area contributed by atoms with E-state index in [4.69, 9.17) is 16.3 Å². The standard InChI is InChI=1S/C14H19ClN2O4S/c1-21-13-3-2-12(15)6-11(13)8-17-14(18)16-7-10-4-5-22(19,20)9-10/h2-3,6,10H,4-5,7-9H2,1H3,(H2,16,17,18). The van der Waals surface area contributed by atoms with Crippen molar-refractivity contribution in [2.75, 3.05) is 25.2 Å². The summed E-state index contributed by atoms with van der Waals surface area (Å²) in [6.45, 7) is 0.635. The molecular formula is C14H19ClN2O4S. The van der Waals surface area contributed by atoms with Crippen molar-refractivity contribution >= 4 is 27.5 Å². The molecule has 1 aliphatic heterocycles. The number of halogens is 1. The number of hydrogen-bond donors (Lipinski definition) is 2. The summed E-state index contributed by atoms with van der Waals surface area (Å²) in [7, 11) is -1.37. The Morgan fingerprint density at radius 1 is 1.41 bits per heavy atom. The summed E-state index contributed by atoms with van der Waals surface area (Å²) in [5, 5.41) is 5.97. The van der Waals surface area contributed by atoms with Gasteiger partial charge in [-0.3, -0.25) is 0 Å². The number of benzene rings is 1. The van der Waals surface area contributed by atoms with Crippen LogP contribution in [0.2, 0.25) is 5.02 Å². The molecule has 6 nitrogen and oxygen atoms in total. The minimum absolute atomic E-state index is 0.00328. The maximum atomic E-state index is 11.8. The van der Waals surface area contributed by atoms with Gasteiger partial charge in [0.25, 0.3) is 0 Å². The van der Waals surface area contributed by atoms with Gasteiger partial charge in [0.15, 0.2) is 9.84 Å². The highest BCUT2D eigenvalue weighted by Crippen LogP contribution is 2.22. The molecule has 1 fully saturated rings. The Bertz CT molecular complexity index is 648. The number of ether oxygens (including phenoxy) is 1. The molecule has 2 rings (SSSR count). The van der Waals surface area contributed by atoms with Crippen LogP contribution in [0, 0.1) is 5.92 Å². The number of methoxy groups -OCH3 is 1. The number of amides is 2. The van der Waals surface area contributed by atoms with Gasteiger partial charge in [-0.1, -0.05) is 11.6 Å². The van der Waals surface area contributed by atoms with Gasteiger partial charge in [0, 0.05) is 23.7 Å². The zero-order chi connectivity index (χ0) is 16.2. The molecule has 122 valence electrons. The average molecular weight is 347 g/mol. The van der Waals surface area contributed by atoms with Crippen LogP contribution in [0.5, 0.6) is 5.75 Å². The lowest BCUT2D eigenvalue weighted by Gasteiger charge is -2.12. The van der Waals surface area contributed by atoms with E-state index in [2.05, 4.69) is 10.6 Å². The highest BCUT2D eigenvalue weighted by molar-refractivity contribution is 7.91. The average Bonchev–Trinajstić information content (AvgIpc) is 2.82. The van der Waals surface area contributed by atoms with Gasteiger partial charge in [-0.15, -0.1) is 0 Å². The first-order chi connectivity index (χ1) is 10.4. The third-order valence-corrected chi connectivity index (χ3v) is 5.63. The van der Waals surface area contributed by atoms with Crippen LogP contribution in [0.25, 0.3) is 0 Å². The van der Waals surface area contributed by atoms with Crippen molar-refractivity contribution in [2.45, 2.75) is 13.0 Å². The molecule has 0 aromatic heterocycles. The highest BCUT2D eigenvalue weighted by atomic mass is 35.5. The van der Waals surface area contributed by atoms with Crippen LogP contribution >= 0.6 is 11.6 Å². The Hall–Kier alpha value is -1.47. The fourth-order valence-electron chi connectivity index (χ4n) is 2.39. The van der Waals surface area contributed by atoms with E-state index < -0.39 is 9.84 Å². The molecule has 8 heteroatoms. The van der Waals surface area contributed by atoms with Crippen LogP contribution in [0.1, 0.15) is 12.0 Å². The molecule has 0 saturated carbocycles. The third kappa shape index (κ3) is 4.78. The SMILES string of the molecule is COc1ccc(Cl)cc1CNC(=O)NCC1CCS(=O)(=O)C1. The van der Waals surface area contributed by atoms with E-state index in [1.807, 2.05) is 0 Å². The summed E-state index contributed by atoms with van der Waals surface area (Å²) in [4.78, 5) is 11.8. The molecule has 1 aliphatic rings. The topological polar surface area (TPSA) is 84.5 Å². The van der Waals surface area contributed by atoms with Crippen molar-refractivity contribution in [1.29, 1.82) is 0 Å². The lowest BCUT2D eigenvalue weighted by Crippen LogP contribution is -2.38. The summed E-state index contributed by atoms with van der Waals surface area (Å²) in [5.74, 6) is 0.999. The molecule has 1 saturated heterocycles. The summed E-state index contributed by atoms with van der Waals surface area (Å²) in [6, 6.07) is 4.83. The van der Waals surface area contributed by atoms with Gasteiger partial charge >= 0.3 is 6.03 Å². The Kier molecular flexibility index (Phi) is 5.52. The van der Waals surface area contributed by atoms with Crippen molar-refractivity contribution in [3.63, 3.8) is 0 Å². The molecule has 1 unspecified atom stereocenters. The molecule has 0 bridgehead atoms. The summed E-state index contributed by atoms with van der Waals surface area (Å²) >= 11 is 5.92. The van der Waals surface area contributed by atoms with Crippen molar-refractivity contribution in [3.8, 4) is 5.75 Å². The quantitative estimate of drug-likeness (QED) is 0.847. The first-order valence-corrected chi connectivity index (χ1v) is 9.14. The number of sulfone groups is 1. The second-order valence-electron chi connectivity index (χ2n) is 5.29. The lowest BCUT2D eigenvalue weighted by atomic mass is 10.1. The van der Waals surface area contributed by atoms with Crippen LogP contribution in [-0.4, -0.2) is 39.6 Å². The molecular weight excluding hydrogens is 328 g/mol. The van der Waals surface area contributed by atoms with E-state index in [-0.39, 0.29) is 30.0 Å². The smallest absolute Gasteiger partial charge is 0.315 e. The van der Waals surface area contributed by atoms with Crippen molar-refractivity contribution in [1.82, 2.24) is 10.6 Å². The molecule has 2 N–H and O–H groups in total. The normalized spacial score (nSPS) is 19.6. The molecule has 0 aliphatic carbocycles. The number of hydrogen-bond acceptors (Lipinski definition) is 4. The van der Waals surface area contributed by atoms with Gasteiger partial charge in [-0.25, -0.2) is 13.2 Å². The van der Waals surface area contributed by atoms with Gasteiger partial charge in [0.05, 0.1) is 18.6 Å². The molecule has 22 heavy (non-hydrogen) atoms. The summed E-state index contributed by atoms with van der Waals surface area (Å²) in [6.07, 6.45) is 0.602. The lowest BCUT2D eigenvalue weighted by molar-refractivity contribution is 0.239. The Morgan fingerprint density at radius 3 is 2.82 bits per heavy atom. The van der Waals surface area contributed by atoms with Crippen LogP contribution in [0.15, 0.2) is 18.2 Å². The molecule has 2 amide bonds. The number of carbonyl (C=O) groups excluding carboxylic acids is 1. The molecule has 1 heterocycles. The van der Waals surface area contributed by atoms with E-state index in [9.17, 15) is 13.2 Å². The van der Waals surface area contributed by atoms with Gasteiger partial charge in [-0.05, 0) is 30.5 Å². The minimum Gasteiger partial charge on any atom is -0.496 e. The maximum Gasteiger partial charge on any atom is 0.315 e. The van der Waals surface area contributed by atoms with E-state index in [1.165, 1.54) is 0 Å². The third-order valence-electron chi connectivity index (χ3n) is 3.56. The van der Waals surface area contributed by atoms with Crippen molar-refractivity contribution in [3.05, 3.63) is 28.8 Å². The van der Waals surface area contributed by atoms with Crippen LogP contribution in [0.4, 0.5) is 4.79 Å². The zero-order valence-electron chi connectivity index (χ0n) is 12.3. The number of nitrogens with one attached hydrogen (secondary N) is 2. The molecule has 1 aromatic rings. The second-order valence-corrected chi connectivity index (χ2v) is 7.95. The number of carbonyl (C=O) groups is 1. The van der Waals surface area contributed by atoms with E-state index in [0.717, 1.165) is 5.56 Å². The summed E-state index contributed by atoms with van der Waals surface area (Å²) < 4.78 is 27.9. The number of rotatable bonds is 5. The first-order valence-electron chi connectivity index (χ1n) is 6.94. The highest BCUT2D eigenvalue weighted by Gasteiger charge is 2.27. The molecule has 1 aromatic carbocycles. The predicted molar refractivity (Wildman–Crippen MR) is 85.0 cm³/mol. The van der Waals surface area contributed by atoms with E-state index >= 15 is 0 Å². The Balaban J connectivity index is 1.80. The van der Waals surface area contributed by atoms with Crippen molar-refractivity contribution in [2.24, 2.45) is 5.92 Å². The van der Waals surface area contributed by atoms with E-state index in [0.29, 0.717) is 23.7 Å². The van der Waals surface area contributed by atoms with E-state index in [1.54, 1.807) is 25.3 Å². The monoisotopic (exact) mass is 346 g/mol. The fraction of sp³-hybridized carbons (Fsp3) is 0.500. The molecule has 1 atom stereocenters. The second kappa shape index (κ2) is 7.19. The maximum absolute atomic E-state index is 11.8. The number of urea groups is 1. The molecule has 0 spiro atoms. The van der Waals surface area contributed by atoms with Crippen LogP contribution in [0.3, 0.4) is 0 Å². The Labute approximate surface area is 135 Å². The van der Waals surface area contributed by atoms with Crippen LogP contribution in [-0.2, 0) is 16.4 Å². The van der Waals surface area contributed by atoms with Gasteiger partial charge in [0.2, 0.25) is 0 Å². The van der Waals surface area contributed by atoms with Gasteiger partial charge in [-0.2, -0.15) is 0 Å². The predicted octanol–water partition coefficient (Wildman–Crippen LogP) is 1.58. The fourth-order valence-corrected chi connectivity index (χ4v) is 4.45. The summed E-state index contributed by atoms with van der Waals surface area (Å²) in [5.41, 5.74) is 0.772. The van der Waals surface area contributed by atoms with Gasteiger partial charge in [0.1, 0.15) is 5.75 Å². The Morgan fingerprint density at radius 2 is 2.18 bits per heavy atom. The first kappa shape index (κ1) is 16.9.